The van der Waals surface area contributed by atoms with Gasteiger partial charge in [-0.15, -0.1) is 12.4 Å². The number of piperazine rings is 1. The average molecular weight is 344 g/mol. The molecular weight excluding hydrogens is 322 g/mol. The van der Waals surface area contributed by atoms with Gasteiger partial charge in [0.25, 0.3) is 5.91 Å². The van der Waals surface area contributed by atoms with Crippen LogP contribution in [0.3, 0.4) is 0 Å². The summed E-state index contributed by atoms with van der Waals surface area (Å²) in [4.78, 5) is 27.5. The average Bonchev–Trinajstić information content (AvgIpc) is 2.59. The highest BCUT2D eigenvalue weighted by molar-refractivity contribution is 5.95. The first kappa shape index (κ1) is 19.1. The summed E-state index contributed by atoms with van der Waals surface area (Å²) in [5, 5.41) is 0. The van der Waals surface area contributed by atoms with Crippen molar-refractivity contribution in [1.82, 2.24) is 9.80 Å². The van der Waals surface area contributed by atoms with Gasteiger partial charge in [0.05, 0.1) is 20.8 Å². The van der Waals surface area contributed by atoms with Gasteiger partial charge in [-0.2, -0.15) is 0 Å². The van der Waals surface area contributed by atoms with Crippen LogP contribution in [-0.4, -0.2) is 68.6 Å². The summed E-state index contributed by atoms with van der Waals surface area (Å²) in [7, 11) is 3.08. The van der Waals surface area contributed by atoms with Crippen LogP contribution in [0.5, 0.6) is 11.5 Å². The Hall–Kier alpha value is -1.99. The van der Waals surface area contributed by atoms with Crippen molar-refractivity contribution in [1.29, 1.82) is 0 Å². The first-order chi connectivity index (χ1) is 10.6. The molecule has 0 bridgehead atoms. The van der Waals surface area contributed by atoms with Crippen molar-refractivity contribution in [2.75, 3.05) is 46.9 Å². The van der Waals surface area contributed by atoms with Gasteiger partial charge in [0.2, 0.25) is 5.91 Å². The Bertz CT molecular complexity index is 560. The third kappa shape index (κ3) is 4.27. The van der Waals surface area contributed by atoms with Crippen molar-refractivity contribution in [3.63, 3.8) is 0 Å². The van der Waals surface area contributed by atoms with E-state index in [4.69, 9.17) is 15.2 Å². The number of carbonyl (C=O) groups excluding carboxylic acids is 2. The highest BCUT2D eigenvalue weighted by atomic mass is 35.5. The van der Waals surface area contributed by atoms with Crippen LogP contribution in [-0.2, 0) is 4.79 Å². The van der Waals surface area contributed by atoms with Gasteiger partial charge in [-0.3, -0.25) is 9.59 Å². The van der Waals surface area contributed by atoms with Crippen LogP contribution in [0, 0.1) is 0 Å². The maximum Gasteiger partial charge on any atom is 0.254 e. The van der Waals surface area contributed by atoms with Gasteiger partial charge in [-0.05, 0) is 18.2 Å². The van der Waals surface area contributed by atoms with Crippen LogP contribution >= 0.6 is 12.4 Å². The predicted molar refractivity (Wildman–Crippen MR) is 88.3 cm³/mol. The molecule has 2 N–H and O–H groups in total. The molecule has 1 heterocycles. The van der Waals surface area contributed by atoms with E-state index in [1.54, 1.807) is 35.1 Å². The van der Waals surface area contributed by atoms with Crippen LogP contribution in [0.2, 0.25) is 0 Å². The summed E-state index contributed by atoms with van der Waals surface area (Å²) >= 11 is 0. The number of nitrogens with zero attached hydrogens (tertiary/aromatic N) is 2. The van der Waals surface area contributed by atoms with Crippen LogP contribution in [0.25, 0.3) is 0 Å². The Kier molecular flexibility index (Phi) is 7.12. The van der Waals surface area contributed by atoms with Crippen LogP contribution in [0.1, 0.15) is 10.4 Å². The number of benzene rings is 1. The zero-order valence-electron chi connectivity index (χ0n) is 13.3. The topological polar surface area (TPSA) is 85.1 Å². The van der Waals surface area contributed by atoms with Crippen LogP contribution in [0.15, 0.2) is 18.2 Å². The molecule has 1 aromatic rings. The van der Waals surface area contributed by atoms with Gasteiger partial charge in [-0.25, -0.2) is 0 Å². The molecule has 8 heteroatoms. The van der Waals surface area contributed by atoms with Gasteiger partial charge < -0.3 is 25.0 Å². The van der Waals surface area contributed by atoms with E-state index >= 15 is 0 Å². The van der Waals surface area contributed by atoms with E-state index in [9.17, 15) is 9.59 Å². The Labute approximate surface area is 141 Å². The van der Waals surface area contributed by atoms with E-state index in [1.807, 2.05) is 0 Å². The number of ether oxygens (including phenoxy) is 2. The number of rotatable bonds is 4. The first-order valence-electron chi connectivity index (χ1n) is 7.09. The number of nitrogens with two attached hydrogens (primary N) is 1. The number of halogens is 1. The van der Waals surface area contributed by atoms with E-state index in [-0.39, 0.29) is 30.8 Å². The van der Waals surface area contributed by atoms with Crippen molar-refractivity contribution < 1.29 is 19.1 Å². The minimum atomic E-state index is -0.0850. The Morgan fingerprint density at radius 3 is 2.13 bits per heavy atom. The van der Waals surface area contributed by atoms with E-state index in [2.05, 4.69) is 0 Å². The van der Waals surface area contributed by atoms with Crippen LogP contribution in [0.4, 0.5) is 0 Å². The number of amides is 2. The Morgan fingerprint density at radius 2 is 1.61 bits per heavy atom. The molecule has 1 saturated heterocycles. The lowest BCUT2D eigenvalue weighted by Gasteiger charge is -2.34. The molecule has 0 radical (unpaired) electrons. The van der Waals surface area contributed by atoms with Gasteiger partial charge in [0, 0.05) is 31.7 Å². The molecule has 2 rings (SSSR count). The standard InChI is InChI=1S/C15H21N3O4.ClH/c1-21-12-4-3-11(9-13(12)22-2)15(20)18-7-5-17(6-8-18)14(19)10-16;/h3-4,9H,5-8,10,16H2,1-2H3;1H. The zero-order chi connectivity index (χ0) is 16.1. The van der Waals surface area contributed by atoms with Crippen molar-refractivity contribution >= 4 is 24.2 Å². The van der Waals surface area contributed by atoms with Gasteiger partial charge in [0.15, 0.2) is 11.5 Å². The fourth-order valence-electron chi connectivity index (χ4n) is 2.44. The lowest BCUT2D eigenvalue weighted by molar-refractivity contribution is -0.131. The fraction of sp³-hybridized carbons (Fsp3) is 0.467. The maximum absolute atomic E-state index is 12.5. The third-order valence-electron chi connectivity index (χ3n) is 3.72. The van der Waals surface area contributed by atoms with E-state index < -0.39 is 0 Å². The quantitative estimate of drug-likeness (QED) is 0.853. The highest BCUT2D eigenvalue weighted by Crippen LogP contribution is 2.28. The molecule has 0 aliphatic carbocycles. The Morgan fingerprint density at radius 1 is 1.04 bits per heavy atom. The second-order valence-corrected chi connectivity index (χ2v) is 4.95. The SMILES string of the molecule is COc1ccc(C(=O)N2CCN(C(=O)CN)CC2)cc1OC.Cl. The zero-order valence-corrected chi connectivity index (χ0v) is 14.1. The van der Waals surface area contributed by atoms with Gasteiger partial charge >= 0.3 is 0 Å². The van der Waals surface area contributed by atoms with E-state index in [0.717, 1.165) is 0 Å². The van der Waals surface area contributed by atoms with Crippen molar-refractivity contribution in [2.45, 2.75) is 0 Å². The number of hydrogen-bond acceptors (Lipinski definition) is 5. The molecule has 0 saturated carbocycles. The molecule has 0 spiro atoms. The lowest BCUT2D eigenvalue weighted by atomic mass is 10.1. The second-order valence-electron chi connectivity index (χ2n) is 4.95. The molecule has 1 aliphatic heterocycles. The van der Waals surface area contributed by atoms with Crippen molar-refractivity contribution in [2.24, 2.45) is 5.73 Å². The summed E-state index contributed by atoms with van der Waals surface area (Å²) in [6.07, 6.45) is 0. The lowest BCUT2D eigenvalue weighted by Crippen LogP contribution is -2.51. The van der Waals surface area contributed by atoms with Crippen molar-refractivity contribution in [3.05, 3.63) is 23.8 Å². The molecule has 0 unspecified atom stereocenters. The third-order valence-corrected chi connectivity index (χ3v) is 3.72. The van der Waals surface area contributed by atoms with Gasteiger partial charge in [0.1, 0.15) is 0 Å². The first-order valence-corrected chi connectivity index (χ1v) is 7.09. The minimum Gasteiger partial charge on any atom is -0.493 e. The monoisotopic (exact) mass is 343 g/mol. The summed E-state index contributed by atoms with van der Waals surface area (Å²) in [6, 6.07) is 5.08. The molecule has 23 heavy (non-hydrogen) atoms. The normalized spacial score (nSPS) is 14.0. The van der Waals surface area contributed by atoms with E-state index in [0.29, 0.717) is 43.2 Å². The summed E-state index contributed by atoms with van der Waals surface area (Å²) < 4.78 is 10.4. The molecule has 1 fully saturated rings. The van der Waals surface area contributed by atoms with Gasteiger partial charge in [-0.1, -0.05) is 0 Å². The fourth-order valence-corrected chi connectivity index (χ4v) is 2.44. The summed E-state index contributed by atoms with van der Waals surface area (Å²) in [5.41, 5.74) is 5.89. The Balaban J connectivity index is 0.00000264. The predicted octanol–water partition coefficient (Wildman–Crippen LogP) is 0.369. The largest absolute Gasteiger partial charge is 0.493 e. The number of methoxy groups -OCH3 is 2. The molecule has 1 aromatic carbocycles. The maximum atomic E-state index is 12.5. The van der Waals surface area contributed by atoms with Crippen LogP contribution < -0.4 is 15.2 Å². The molecule has 0 atom stereocenters. The minimum absolute atomic E-state index is 0. The molecule has 7 nitrogen and oxygen atoms in total. The molecule has 0 aromatic heterocycles. The smallest absolute Gasteiger partial charge is 0.254 e. The van der Waals surface area contributed by atoms with Crippen molar-refractivity contribution in [3.8, 4) is 11.5 Å². The second kappa shape index (κ2) is 8.59. The molecular formula is C15H22ClN3O4. The summed E-state index contributed by atoms with van der Waals surface area (Å²) in [6.45, 7) is 2.02. The molecule has 128 valence electrons. The highest BCUT2D eigenvalue weighted by Gasteiger charge is 2.24. The molecule has 1 aliphatic rings. The summed E-state index contributed by atoms with van der Waals surface area (Å²) in [5.74, 6) is 0.932. The number of carbonyl (C=O) groups is 2. The van der Waals surface area contributed by atoms with E-state index in [1.165, 1.54) is 7.11 Å². The molecule has 2 amide bonds. The number of hydrogen-bond donors (Lipinski definition) is 1.